The van der Waals surface area contributed by atoms with E-state index in [4.69, 9.17) is 0 Å². The van der Waals surface area contributed by atoms with Crippen LogP contribution in [0.3, 0.4) is 0 Å². The van der Waals surface area contributed by atoms with Crippen LogP contribution in [-0.2, 0) is 10.8 Å². The summed E-state index contributed by atoms with van der Waals surface area (Å²) in [4.78, 5) is 5.36. The smallest absolute Gasteiger partial charge is 0.0794 e. The van der Waals surface area contributed by atoms with E-state index in [1.807, 2.05) is 17.8 Å². The minimum atomic E-state index is 0.190. The van der Waals surface area contributed by atoms with Crippen LogP contribution in [0.4, 0.5) is 0 Å². The van der Waals surface area contributed by atoms with Crippen molar-refractivity contribution in [2.24, 2.45) is 10.8 Å². The molecule has 4 heteroatoms. The predicted octanol–water partition coefficient (Wildman–Crippen LogP) is 8.32. The van der Waals surface area contributed by atoms with Gasteiger partial charge in [0.2, 0.25) is 0 Å². The highest BCUT2D eigenvalue weighted by molar-refractivity contribution is 7.09. The molecule has 0 unspecified atom stereocenters. The highest BCUT2D eigenvalue weighted by Crippen LogP contribution is 2.24. The summed E-state index contributed by atoms with van der Waals surface area (Å²) in [5.74, 6) is 0. The van der Waals surface area contributed by atoms with Gasteiger partial charge in [-0.1, -0.05) is 96.9 Å². The third-order valence-corrected chi connectivity index (χ3v) is 3.82. The van der Waals surface area contributed by atoms with Crippen molar-refractivity contribution in [2.75, 3.05) is 0 Å². The fourth-order valence-electron chi connectivity index (χ4n) is 1.32. The van der Waals surface area contributed by atoms with Crippen molar-refractivity contribution in [2.45, 2.75) is 108 Å². The Morgan fingerprint density at radius 1 is 0.621 bits per heavy atom. The van der Waals surface area contributed by atoms with E-state index < -0.39 is 0 Å². The Morgan fingerprint density at radius 3 is 1.24 bits per heavy atom. The molecule has 0 fully saturated rings. The minimum absolute atomic E-state index is 0.190. The first kappa shape index (κ1) is 29.9. The number of aromatic nitrogens is 3. The topological polar surface area (TPSA) is 38.7 Å². The van der Waals surface area contributed by atoms with Crippen LogP contribution in [0.5, 0.6) is 0 Å². The first-order chi connectivity index (χ1) is 12.7. The molecule has 2 aromatic rings. The summed E-state index contributed by atoms with van der Waals surface area (Å²) >= 11 is 1.72. The Morgan fingerprint density at radius 2 is 1.07 bits per heavy atom. The van der Waals surface area contributed by atoms with Crippen LogP contribution in [0.15, 0.2) is 30.2 Å². The zero-order valence-corrected chi connectivity index (χ0v) is 22.5. The summed E-state index contributed by atoms with van der Waals surface area (Å²) in [6.45, 7) is 30.6. The summed E-state index contributed by atoms with van der Waals surface area (Å²) in [6.07, 6.45) is 5.46. The fourth-order valence-corrected chi connectivity index (χ4v) is 2.03. The normalized spacial score (nSPS) is 11.8. The van der Waals surface area contributed by atoms with Crippen LogP contribution in [0.1, 0.15) is 107 Å². The van der Waals surface area contributed by atoms with Gasteiger partial charge < -0.3 is 0 Å². The molecule has 2 heterocycles. The van der Waals surface area contributed by atoms with E-state index in [2.05, 4.69) is 112 Å². The Labute approximate surface area is 185 Å². The molecule has 0 bridgehead atoms. The van der Waals surface area contributed by atoms with Gasteiger partial charge in [0, 0.05) is 17.3 Å². The second kappa shape index (κ2) is 12.4. The van der Waals surface area contributed by atoms with E-state index in [9.17, 15) is 0 Å². The van der Waals surface area contributed by atoms with Gasteiger partial charge in [0.1, 0.15) is 0 Å². The Hall–Kier alpha value is -1.29. The first-order valence-corrected chi connectivity index (χ1v) is 11.3. The van der Waals surface area contributed by atoms with E-state index in [0.717, 1.165) is 0 Å². The molecule has 3 nitrogen and oxygen atoms in total. The van der Waals surface area contributed by atoms with Crippen LogP contribution < -0.4 is 0 Å². The van der Waals surface area contributed by atoms with Gasteiger partial charge in [0.25, 0.3) is 0 Å². The fraction of sp³-hybridized carbons (Fsp3) is 0.720. The molecule has 29 heavy (non-hydrogen) atoms. The third kappa shape index (κ3) is 24.7. The molecule has 2 aromatic heterocycles. The quantitative estimate of drug-likeness (QED) is 0.429. The molecule has 0 N–H and O–H groups in total. The van der Waals surface area contributed by atoms with Gasteiger partial charge in [-0.15, -0.1) is 11.3 Å². The van der Waals surface area contributed by atoms with Gasteiger partial charge in [-0.05, 0) is 33.3 Å². The SMILES string of the molecule is CC(C)(C)C.CC(C)(C)C.CC(C)(C)c1ccnnc1.CC(C)(C)c1cncs1. The van der Waals surface area contributed by atoms with Gasteiger partial charge in [0.05, 0.1) is 11.7 Å². The lowest BCUT2D eigenvalue weighted by atomic mass is 9.89. The van der Waals surface area contributed by atoms with E-state index >= 15 is 0 Å². The molecule has 0 aliphatic heterocycles. The van der Waals surface area contributed by atoms with Crippen molar-refractivity contribution in [1.82, 2.24) is 15.2 Å². The van der Waals surface area contributed by atoms with Crippen molar-refractivity contribution in [3.05, 3.63) is 40.6 Å². The zero-order valence-electron chi connectivity index (χ0n) is 21.6. The minimum Gasteiger partial charge on any atom is -0.253 e. The highest BCUT2D eigenvalue weighted by Gasteiger charge is 2.14. The van der Waals surface area contributed by atoms with Gasteiger partial charge in [-0.3, -0.25) is 4.98 Å². The maximum Gasteiger partial charge on any atom is 0.0794 e. The maximum atomic E-state index is 4.01. The lowest BCUT2D eigenvalue weighted by Gasteiger charge is -2.16. The first-order valence-electron chi connectivity index (χ1n) is 10.4. The molecule has 0 saturated heterocycles. The Bertz CT molecular complexity index is 596. The molecule has 0 amide bonds. The molecule has 0 saturated carbocycles. The number of hydrogen-bond acceptors (Lipinski definition) is 4. The average molecular weight is 422 g/mol. The predicted molar refractivity (Wildman–Crippen MR) is 132 cm³/mol. The van der Waals surface area contributed by atoms with Gasteiger partial charge >= 0.3 is 0 Å². The summed E-state index contributed by atoms with van der Waals surface area (Å²) in [5, 5.41) is 7.51. The largest absolute Gasteiger partial charge is 0.253 e. The summed E-state index contributed by atoms with van der Waals surface area (Å²) in [5.41, 5.74) is 4.57. The Kier molecular flexibility index (Phi) is 12.8. The third-order valence-electron chi connectivity index (χ3n) is 2.62. The molecule has 0 atom stereocenters. The number of rotatable bonds is 0. The van der Waals surface area contributed by atoms with Crippen molar-refractivity contribution in [3.8, 4) is 0 Å². The number of nitrogens with zero attached hydrogens (tertiary/aromatic N) is 3. The lowest BCUT2D eigenvalue weighted by Crippen LogP contribution is -2.11. The molecule has 0 radical (unpaired) electrons. The van der Waals surface area contributed by atoms with Crippen LogP contribution in [0.25, 0.3) is 0 Å². The zero-order chi connectivity index (χ0) is 23.5. The number of hydrogen-bond donors (Lipinski definition) is 0. The highest BCUT2D eigenvalue weighted by atomic mass is 32.1. The summed E-state index contributed by atoms with van der Waals surface area (Å²) in [7, 11) is 0. The van der Waals surface area contributed by atoms with E-state index in [1.165, 1.54) is 10.4 Å². The molecule has 0 aliphatic carbocycles. The van der Waals surface area contributed by atoms with Crippen LogP contribution >= 0.6 is 11.3 Å². The molecule has 0 spiro atoms. The van der Waals surface area contributed by atoms with Crippen LogP contribution in [0, 0.1) is 10.8 Å². The lowest BCUT2D eigenvalue weighted by molar-refractivity contribution is 0.469. The van der Waals surface area contributed by atoms with Crippen LogP contribution in [-0.4, -0.2) is 15.2 Å². The van der Waals surface area contributed by atoms with E-state index in [1.54, 1.807) is 23.7 Å². The van der Waals surface area contributed by atoms with Crippen LogP contribution in [0.2, 0.25) is 0 Å². The summed E-state index contributed by atoms with van der Waals surface area (Å²) < 4.78 is 0. The Balaban J connectivity index is 0. The van der Waals surface area contributed by atoms with Crippen molar-refractivity contribution in [1.29, 1.82) is 0 Å². The van der Waals surface area contributed by atoms with Gasteiger partial charge in [-0.2, -0.15) is 10.2 Å². The molecular weight excluding hydrogens is 374 g/mol. The molecular formula is C25H47N3S. The second-order valence-electron chi connectivity index (χ2n) is 12.5. The monoisotopic (exact) mass is 421 g/mol. The van der Waals surface area contributed by atoms with E-state index in [0.29, 0.717) is 10.8 Å². The van der Waals surface area contributed by atoms with Gasteiger partial charge in [0.15, 0.2) is 0 Å². The molecule has 0 aromatic carbocycles. The van der Waals surface area contributed by atoms with Crippen molar-refractivity contribution >= 4 is 11.3 Å². The van der Waals surface area contributed by atoms with Crippen molar-refractivity contribution < 1.29 is 0 Å². The average Bonchev–Trinajstić information content (AvgIpc) is 2.98. The number of thiazole rings is 1. The standard InChI is InChI=1S/C8H12N2.C7H11NS.2C5H12/c1-8(2,3)7-4-5-9-10-6-7;1-7(2,3)6-4-8-5-9-6;2*1-5(2,3)4/h4-6H,1-3H3;4-5H,1-3H3;2*1-4H3. The molecule has 2 rings (SSSR count). The second-order valence-corrected chi connectivity index (χ2v) is 13.4. The van der Waals surface area contributed by atoms with Gasteiger partial charge in [-0.25, -0.2) is 0 Å². The van der Waals surface area contributed by atoms with E-state index in [-0.39, 0.29) is 10.8 Å². The summed E-state index contributed by atoms with van der Waals surface area (Å²) in [6, 6.07) is 1.99. The molecule has 168 valence electrons. The molecule has 0 aliphatic rings. The van der Waals surface area contributed by atoms with Crippen molar-refractivity contribution in [3.63, 3.8) is 0 Å². The maximum absolute atomic E-state index is 4.01.